The molecule has 0 saturated carbocycles. The lowest BCUT2D eigenvalue weighted by Crippen LogP contribution is -2.46. The molecule has 0 radical (unpaired) electrons. The molecule has 0 bridgehead atoms. The predicted molar refractivity (Wildman–Crippen MR) is 208 cm³/mol. The number of aliphatic carboxylic acids is 1. The molecule has 0 heterocycles. The number of hydrogen-bond donors (Lipinski definition) is 1. The van der Waals surface area contributed by atoms with Gasteiger partial charge in [-0.3, -0.25) is 4.79 Å². The number of carbonyl (C=O) groups is 1. The van der Waals surface area contributed by atoms with Gasteiger partial charge in [0.2, 0.25) is 0 Å². The Kier molecular flexibility index (Phi) is 42.0. The summed E-state index contributed by atoms with van der Waals surface area (Å²) in [5, 5.41) is 8.52. The van der Waals surface area contributed by atoms with E-state index >= 15 is 0 Å². The third-order valence-electron chi connectivity index (χ3n) is 10.1. The first-order valence-electron chi connectivity index (χ1n) is 21.5. The lowest BCUT2D eigenvalue weighted by Gasteiger charge is -2.35. The molecule has 0 aliphatic carbocycles. The van der Waals surface area contributed by atoms with Gasteiger partial charge in [0, 0.05) is 6.42 Å². The van der Waals surface area contributed by atoms with Gasteiger partial charge in [-0.2, -0.15) is 0 Å². The summed E-state index contributed by atoms with van der Waals surface area (Å²) in [6, 6.07) is 0. The molecule has 0 saturated heterocycles. The lowest BCUT2D eigenvalue weighted by atomic mass is 10.0. The summed E-state index contributed by atoms with van der Waals surface area (Å²) < 4.78 is 1.36. The highest BCUT2D eigenvalue weighted by Gasteiger charge is 2.20. The van der Waals surface area contributed by atoms with Crippen LogP contribution in [0.15, 0.2) is 0 Å². The molecule has 3 nitrogen and oxygen atoms in total. The number of rotatable bonds is 37. The van der Waals surface area contributed by atoms with Crippen LogP contribution in [0.25, 0.3) is 0 Å². The maximum Gasteiger partial charge on any atom is 0.303 e. The van der Waals surface area contributed by atoms with E-state index in [1.807, 2.05) is 0 Å². The first kappa shape index (κ1) is 47.5. The third kappa shape index (κ3) is 41.5. The molecule has 0 fully saturated rings. The average molecular weight is 653 g/mol. The minimum Gasteiger partial charge on any atom is -0.481 e. The van der Waals surface area contributed by atoms with Crippen LogP contribution in [0, 0.1) is 0 Å². The van der Waals surface area contributed by atoms with E-state index in [1.54, 1.807) is 0 Å². The van der Waals surface area contributed by atoms with Crippen LogP contribution >= 0.6 is 0 Å². The van der Waals surface area contributed by atoms with E-state index in [2.05, 4.69) is 34.7 Å². The quantitative estimate of drug-likeness (QED) is 0.0535. The fourth-order valence-corrected chi connectivity index (χ4v) is 6.80. The number of carboxylic acids is 1. The number of carboxylic acid groups (broad SMARTS) is 1. The Hall–Kier alpha value is -0.570. The van der Waals surface area contributed by atoms with Crippen LogP contribution in [0.1, 0.15) is 246 Å². The van der Waals surface area contributed by atoms with Gasteiger partial charge in [-0.15, -0.1) is 0 Å². The Labute approximate surface area is 292 Å². The smallest absolute Gasteiger partial charge is 0.303 e. The van der Waals surface area contributed by atoms with Gasteiger partial charge < -0.3 is 9.59 Å². The van der Waals surface area contributed by atoms with E-state index in [1.165, 1.54) is 223 Å². The molecule has 0 aromatic rings. The maximum atomic E-state index is 10.3. The zero-order chi connectivity index (χ0) is 34.2. The van der Waals surface area contributed by atoms with Crippen molar-refractivity contribution in [3.8, 4) is 0 Å². The van der Waals surface area contributed by atoms with Gasteiger partial charge in [0.05, 0.1) is 26.7 Å². The first-order chi connectivity index (χ1) is 22.5. The van der Waals surface area contributed by atoms with Crippen LogP contribution < -0.4 is 0 Å². The Bertz CT molecular complexity index is 522. The molecule has 0 atom stereocenters. The summed E-state index contributed by atoms with van der Waals surface area (Å²) in [7, 11) is 2.56. The van der Waals surface area contributed by atoms with Crippen molar-refractivity contribution in [3.63, 3.8) is 0 Å². The van der Waals surface area contributed by atoms with Crippen LogP contribution in [-0.4, -0.2) is 42.2 Å². The van der Waals surface area contributed by atoms with Gasteiger partial charge in [-0.05, 0) is 44.9 Å². The zero-order valence-electron chi connectivity index (χ0n) is 33.0. The van der Waals surface area contributed by atoms with E-state index < -0.39 is 5.97 Å². The molecule has 0 spiro atoms. The minimum atomic E-state index is -0.653. The van der Waals surface area contributed by atoms with Crippen LogP contribution in [0.5, 0.6) is 0 Å². The second-order valence-corrected chi connectivity index (χ2v) is 15.2. The Morgan fingerprint density at radius 3 is 0.761 bits per heavy atom. The molecular formula is C43H90NO2+. The molecule has 0 rings (SSSR count). The molecule has 3 heteroatoms. The van der Waals surface area contributed by atoms with Crippen molar-refractivity contribution < 1.29 is 14.4 Å². The first-order valence-corrected chi connectivity index (χ1v) is 21.5. The van der Waals surface area contributed by atoms with Crippen molar-refractivity contribution in [2.75, 3.05) is 26.7 Å². The van der Waals surface area contributed by atoms with E-state index in [9.17, 15) is 4.79 Å². The van der Waals surface area contributed by atoms with Gasteiger partial charge in [0.15, 0.2) is 0 Å². The molecule has 0 aromatic heterocycles. The van der Waals surface area contributed by atoms with Crippen molar-refractivity contribution in [1.82, 2.24) is 0 Å². The van der Waals surface area contributed by atoms with E-state index in [-0.39, 0.29) is 0 Å². The molecular weight excluding hydrogens is 562 g/mol. The molecule has 0 aliphatic rings. The molecule has 278 valence electrons. The monoisotopic (exact) mass is 653 g/mol. The second-order valence-electron chi connectivity index (χ2n) is 15.2. The highest BCUT2D eigenvalue weighted by Crippen LogP contribution is 2.17. The number of unbranched alkanes of at least 4 members (excludes halogenated alkanes) is 29. The normalized spacial score (nSPS) is 11.5. The van der Waals surface area contributed by atoms with Crippen molar-refractivity contribution in [2.45, 2.75) is 246 Å². The van der Waals surface area contributed by atoms with Gasteiger partial charge in [0.1, 0.15) is 0 Å². The average Bonchev–Trinajstić information content (AvgIpc) is 3.04. The molecule has 0 amide bonds. The minimum absolute atomic E-state index is 0.345. The second kappa shape index (κ2) is 40.6. The Morgan fingerprint density at radius 1 is 0.348 bits per heavy atom. The number of nitrogens with zero attached hydrogens (tertiary/aromatic N) is 1. The summed E-state index contributed by atoms with van der Waals surface area (Å²) in [6.07, 6.45) is 46.1. The summed E-state index contributed by atoms with van der Waals surface area (Å²) in [6.45, 7) is 13.5. The molecule has 0 unspecified atom stereocenters. The van der Waals surface area contributed by atoms with Gasteiger partial charge in [0.25, 0.3) is 0 Å². The fraction of sp³-hybridized carbons (Fsp3) is 0.977. The van der Waals surface area contributed by atoms with Gasteiger partial charge in [-0.25, -0.2) is 0 Å². The fourth-order valence-electron chi connectivity index (χ4n) is 6.80. The van der Waals surface area contributed by atoms with Crippen molar-refractivity contribution >= 4 is 5.97 Å². The summed E-state index contributed by atoms with van der Waals surface area (Å²) in [5.74, 6) is -0.653. The SMILES string of the molecule is CCCCCCCCCCCCCCCCCC(=O)O.CCCCCCCC[N+](C)(CCCCCCCC)CCCCCCCC. The maximum absolute atomic E-state index is 10.3. The van der Waals surface area contributed by atoms with E-state index in [0.717, 1.165) is 12.8 Å². The molecule has 1 N–H and O–H groups in total. The molecule has 0 aromatic carbocycles. The summed E-state index contributed by atoms with van der Waals surface area (Å²) in [4.78, 5) is 10.3. The van der Waals surface area contributed by atoms with Gasteiger partial charge >= 0.3 is 5.97 Å². The van der Waals surface area contributed by atoms with E-state index in [4.69, 9.17) is 5.11 Å². The Balaban J connectivity index is 0. The topological polar surface area (TPSA) is 37.3 Å². The standard InChI is InChI=1S/C25H54N.C18H36O2/c1-5-8-11-14-17-20-23-26(4,24-21-18-15-12-9-6-2)25-22-19-16-13-10-7-3;1-2-3-4-5-6-7-8-9-10-11-12-13-14-15-16-17-18(19)20/h5-25H2,1-4H3;2-17H2,1H3,(H,19,20)/q+1;. The lowest BCUT2D eigenvalue weighted by molar-refractivity contribution is -0.910. The highest BCUT2D eigenvalue weighted by molar-refractivity contribution is 5.66. The van der Waals surface area contributed by atoms with Crippen molar-refractivity contribution in [2.24, 2.45) is 0 Å². The number of hydrogen-bond acceptors (Lipinski definition) is 1. The van der Waals surface area contributed by atoms with E-state index in [0.29, 0.717) is 6.42 Å². The van der Waals surface area contributed by atoms with Crippen molar-refractivity contribution in [1.29, 1.82) is 0 Å². The summed E-state index contributed by atoms with van der Waals surface area (Å²) >= 11 is 0. The third-order valence-corrected chi connectivity index (χ3v) is 10.1. The van der Waals surface area contributed by atoms with Gasteiger partial charge in [-0.1, -0.05) is 195 Å². The summed E-state index contributed by atoms with van der Waals surface area (Å²) in [5.41, 5.74) is 0. The van der Waals surface area contributed by atoms with Crippen LogP contribution in [0.4, 0.5) is 0 Å². The van der Waals surface area contributed by atoms with Crippen LogP contribution in [0.3, 0.4) is 0 Å². The van der Waals surface area contributed by atoms with Crippen molar-refractivity contribution in [3.05, 3.63) is 0 Å². The highest BCUT2D eigenvalue weighted by atomic mass is 16.4. The zero-order valence-corrected chi connectivity index (χ0v) is 33.0. The molecule has 46 heavy (non-hydrogen) atoms. The largest absolute Gasteiger partial charge is 0.481 e. The number of quaternary nitrogens is 1. The van der Waals surface area contributed by atoms with Crippen LogP contribution in [0.2, 0.25) is 0 Å². The molecule has 0 aliphatic heterocycles. The predicted octanol–water partition coefficient (Wildman–Crippen LogP) is 14.8. The Morgan fingerprint density at radius 2 is 0.543 bits per heavy atom. The van der Waals surface area contributed by atoms with Crippen LogP contribution in [-0.2, 0) is 4.79 Å².